The molecule has 0 spiro atoms. The van der Waals surface area contributed by atoms with Crippen LogP contribution in [0.4, 0.5) is 18.9 Å². The summed E-state index contributed by atoms with van der Waals surface area (Å²) in [5, 5.41) is -0.382. The number of anilines is 1. The third-order valence-corrected chi connectivity index (χ3v) is 1.66. The van der Waals surface area contributed by atoms with Crippen molar-refractivity contribution in [1.82, 2.24) is 4.98 Å². The molecule has 8 heteroatoms. The second-order valence-corrected chi connectivity index (χ2v) is 2.99. The number of ether oxygens (including phenoxy) is 1. The highest BCUT2D eigenvalue weighted by molar-refractivity contribution is 6.36. The van der Waals surface area contributed by atoms with Gasteiger partial charge in [-0.3, -0.25) is 0 Å². The minimum Gasteiger partial charge on any atom is -0.393 e. The maximum absolute atomic E-state index is 11.8. The third kappa shape index (κ3) is 2.81. The van der Waals surface area contributed by atoms with Gasteiger partial charge in [-0.05, 0) is 6.07 Å². The summed E-state index contributed by atoms with van der Waals surface area (Å²) < 4.78 is 38.8. The van der Waals surface area contributed by atoms with E-state index in [0.717, 1.165) is 6.07 Å². The molecule has 14 heavy (non-hydrogen) atoms. The number of nitrogen functional groups attached to an aromatic ring is 1. The molecule has 0 bridgehead atoms. The topological polar surface area (TPSA) is 48.1 Å². The predicted octanol–water partition coefficient (Wildman–Crippen LogP) is 2.87. The lowest BCUT2D eigenvalue weighted by Gasteiger charge is -2.10. The summed E-state index contributed by atoms with van der Waals surface area (Å²) in [4.78, 5) is 3.23. The summed E-state index contributed by atoms with van der Waals surface area (Å²) in [6.45, 7) is 0. The maximum atomic E-state index is 11.8. The van der Waals surface area contributed by atoms with Crippen LogP contribution < -0.4 is 10.5 Å². The molecule has 1 aromatic rings. The van der Waals surface area contributed by atoms with Gasteiger partial charge in [0.2, 0.25) is 5.88 Å². The van der Waals surface area contributed by atoms with Crippen molar-refractivity contribution >= 4 is 28.9 Å². The maximum Gasteiger partial charge on any atom is 0.574 e. The molecular formula is C6H3Cl2F3N2O. The van der Waals surface area contributed by atoms with E-state index in [1.165, 1.54) is 0 Å². The van der Waals surface area contributed by atoms with Crippen LogP contribution in [0.2, 0.25) is 10.2 Å². The van der Waals surface area contributed by atoms with E-state index in [0.29, 0.717) is 0 Å². The Hall–Kier alpha value is -0.880. The predicted molar refractivity (Wildman–Crippen MR) is 45.4 cm³/mol. The van der Waals surface area contributed by atoms with Gasteiger partial charge in [0.05, 0.1) is 5.02 Å². The summed E-state index contributed by atoms with van der Waals surface area (Å²) in [6.07, 6.45) is -4.88. The number of pyridine rings is 1. The van der Waals surface area contributed by atoms with Crippen LogP contribution in [0, 0.1) is 0 Å². The minimum absolute atomic E-state index is 0.149. The van der Waals surface area contributed by atoms with Crippen molar-refractivity contribution in [1.29, 1.82) is 0 Å². The minimum atomic E-state index is -4.88. The number of alkyl halides is 3. The van der Waals surface area contributed by atoms with E-state index in [4.69, 9.17) is 28.9 Å². The van der Waals surface area contributed by atoms with E-state index in [9.17, 15) is 13.2 Å². The van der Waals surface area contributed by atoms with E-state index in [1.807, 2.05) is 0 Å². The molecule has 78 valence electrons. The molecule has 1 aromatic heterocycles. The number of rotatable bonds is 1. The summed E-state index contributed by atoms with van der Waals surface area (Å²) in [5.74, 6) is -0.852. The van der Waals surface area contributed by atoms with E-state index in [-0.39, 0.29) is 10.2 Å². The molecule has 0 saturated carbocycles. The molecule has 1 rings (SSSR count). The first-order valence-corrected chi connectivity index (χ1v) is 3.92. The van der Waals surface area contributed by atoms with Crippen LogP contribution in [0.25, 0.3) is 0 Å². The van der Waals surface area contributed by atoms with Gasteiger partial charge in [-0.1, -0.05) is 23.2 Å². The van der Waals surface area contributed by atoms with E-state index in [2.05, 4.69) is 9.72 Å². The van der Waals surface area contributed by atoms with Gasteiger partial charge in [-0.2, -0.15) is 4.98 Å². The second-order valence-electron chi connectivity index (χ2n) is 2.19. The normalized spacial score (nSPS) is 11.5. The fourth-order valence-electron chi connectivity index (χ4n) is 0.661. The molecule has 0 atom stereocenters. The summed E-state index contributed by atoms with van der Waals surface area (Å²) in [5.41, 5.74) is 4.77. The zero-order chi connectivity index (χ0) is 10.9. The lowest BCUT2D eigenvalue weighted by molar-refractivity contribution is -0.275. The Morgan fingerprint density at radius 3 is 2.43 bits per heavy atom. The lowest BCUT2D eigenvalue weighted by atomic mass is 10.4. The van der Waals surface area contributed by atoms with Gasteiger partial charge in [-0.15, -0.1) is 13.2 Å². The number of halogens is 5. The van der Waals surface area contributed by atoms with Crippen LogP contribution >= 0.6 is 23.2 Å². The molecule has 0 aliphatic heterocycles. The molecule has 3 nitrogen and oxygen atoms in total. The van der Waals surface area contributed by atoms with Crippen LogP contribution in [-0.4, -0.2) is 11.3 Å². The zero-order valence-corrected chi connectivity index (χ0v) is 7.91. The highest BCUT2D eigenvalue weighted by atomic mass is 35.5. The second kappa shape index (κ2) is 3.70. The van der Waals surface area contributed by atoms with Gasteiger partial charge < -0.3 is 10.5 Å². The monoisotopic (exact) mass is 246 g/mol. The van der Waals surface area contributed by atoms with E-state index < -0.39 is 17.9 Å². The SMILES string of the molecule is Nc1c(Cl)cc(Cl)nc1OC(F)(F)F. The fourth-order valence-corrected chi connectivity index (χ4v) is 1.09. The fraction of sp³-hybridized carbons (Fsp3) is 0.167. The molecule has 2 N–H and O–H groups in total. The largest absolute Gasteiger partial charge is 0.574 e. The summed E-state index contributed by atoms with van der Waals surface area (Å²) >= 11 is 10.8. The van der Waals surface area contributed by atoms with Crippen molar-refractivity contribution in [2.75, 3.05) is 5.73 Å². The Kier molecular flexibility index (Phi) is 2.96. The van der Waals surface area contributed by atoms with Crippen LogP contribution in [-0.2, 0) is 0 Å². The number of aromatic nitrogens is 1. The van der Waals surface area contributed by atoms with E-state index in [1.54, 1.807) is 0 Å². The Balaban J connectivity index is 3.09. The van der Waals surface area contributed by atoms with Gasteiger partial charge in [0, 0.05) is 0 Å². The first-order valence-electron chi connectivity index (χ1n) is 3.17. The van der Waals surface area contributed by atoms with Crippen molar-refractivity contribution in [3.8, 4) is 5.88 Å². The average molecular weight is 247 g/mol. The highest BCUT2D eigenvalue weighted by Gasteiger charge is 2.33. The Morgan fingerprint density at radius 1 is 1.36 bits per heavy atom. The molecule has 0 saturated heterocycles. The van der Waals surface area contributed by atoms with Crippen molar-refractivity contribution in [3.63, 3.8) is 0 Å². The van der Waals surface area contributed by atoms with Crippen molar-refractivity contribution in [3.05, 3.63) is 16.2 Å². The van der Waals surface area contributed by atoms with Crippen LogP contribution in [0.15, 0.2) is 6.07 Å². The van der Waals surface area contributed by atoms with Crippen molar-refractivity contribution < 1.29 is 17.9 Å². The first kappa shape index (κ1) is 11.2. The van der Waals surface area contributed by atoms with Gasteiger partial charge >= 0.3 is 6.36 Å². The first-order chi connectivity index (χ1) is 6.29. The molecule has 1 heterocycles. The Bertz CT molecular complexity index is 356. The summed E-state index contributed by atoms with van der Waals surface area (Å²) in [7, 11) is 0. The standard InChI is InChI=1S/C6H3Cl2F3N2O/c7-2-1-3(8)13-5(4(2)12)14-6(9,10)11/h1H,12H2. The van der Waals surface area contributed by atoms with Gasteiger partial charge in [0.25, 0.3) is 0 Å². The van der Waals surface area contributed by atoms with Crippen LogP contribution in [0.5, 0.6) is 5.88 Å². The van der Waals surface area contributed by atoms with Gasteiger partial charge in [0.15, 0.2) is 0 Å². The molecular weight excluding hydrogens is 244 g/mol. The van der Waals surface area contributed by atoms with Crippen LogP contribution in [0.1, 0.15) is 0 Å². The quantitative estimate of drug-likeness (QED) is 0.776. The number of nitrogens with zero attached hydrogens (tertiary/aromatic N) is 1. The molecule has 0 aromatic carbocycles. The molecule has 0 aliphatic carbocycles. The van der Waals surface area contributed by atoms with Crippen molar-refractivity contribution in [2.24, 2.45) is 0 Å². The molecule has 0 aliphatic rings. The zero-order valence-electron chi connectivity index (χ0n) is 6.40. The number of hydrogen-bond acceptors (Lipinski definition) is 3. The van der Waals surface area contributed by atoms with E-state index >= 15 is 0 Å². The van der Waals surface area contributed by atoms with Crippen LogP contribution in [0.3, 0.4) is 0 Å². The summed E-state index contributed by atoms with van der Waals surface area (Å²) in [6, 6.07) is 1.11. The van der Waals surface area contributed by atoms with Gasteiger partial charge in [-0.25, -0.2) is 0 Å². The molecule has 0 unspecified atom stereocenters. The van der Waals surface area contributed by atoms with Crippen molar-refractivity contribution in [2.45, 2.75) is 6.36 Å². The number of hydrogen-bond donors (Lipinski definition) is 1. The number of nitrogens with two attached hydrogens (primary N) is 1. The molecule has 0 amide bonds. The Labute approximate surface area is 86.6 Å². The average Bonchev–Trinajstić information content (AvgIpc) is 1.96. The molecule has 0 fully saturated rings. The lowest BCUT2D eigenvalue weighted by Crippen LogP contribution is -2.19. The third-order valence-electron chi connectivity index (χ3n) is 1.15. The smallest absolute Gasteiger partial charge is 0.393 e. The Morgan fingerprint density at radius 2 is 1.93 bits per heavy atom. The van der Waals surface area contributed by atoms with Gasteiger partial charge in [0.1, 0.15) is 10.8 Å². The highest BCUT2D eigenvalue weighted by Crippen LogP contribution is 2.33. The molecule has 0 radical (unpaired) electrons.